The molecule has 5 nitrogen and oxygen atoms in total. The van der Waals surface area contributed by atoms with Crippen molar-refractivity contribution in [3.8, 4) is 0 Å². The first-order chi connectivity index (χ1) is 6.88. The van der Waals surface area contributed by atoms with Crippen molar-refractivity contribution in [2.75, 3.05) is 0 Å². The maximum absolute atomic E-state index is 11.5. The summed E-state index contributed by atoms with van der Waals surface area (Å²) in [5, 5.41) is -0.384. The van der Waals surface area contributed by atoms with Crippen LogP contribution in [0.1, 0.15) is 33.1 Å². The van der Waals surface area contributed by atoms with E-state index in [1.165, 1.54) is 0 Å². The number of amides is 1. The van der Waals surface area contributed by atoms with E-state index in [1.807, 2.05) is 18.6 Å². The molecule has 2 atom stereocenters. The summed E-state index contributed by atoms with van der Waals surface area (Å²) in [6.45, 7) is 3.74. The Morgan fingerprint density at radius 3 is 2.47 bits per heavy atom. The monoisotopic (exact) mass is 234 g/mol. The highest BCUT2D eigenvalue weighted by molar-refractivity contribution is 7.90. The first kappa shape index (κ1) is 12.4. The predicted octanol–water partition coefficient (Wildman–Crippen LogP) is -0.0318. The third-order valence-corrected chi connectivity index (χ3v) is 4.60. The van der Waals surface area contributed by atoms with Crippen molar-refractivity contribution in [3.05, 3.63) is 0 Å². The van der Waals surface area contributed by atoms with Gasteiger partial charge in [0, 0.05) is 0 Å². The van der Waals surface area contributed by atoms with E-state index in [-0.39, 0.29) is 11.2 Å². The van der Waals surface area contributed by atoms with Crippen LogP contribution in [0.15, 0.2) is 0 Å². The molecule has 0 aromatic carbocycles. The third-order valence-electron chi connectivity index (χ3n) is 2.77. The van der Waals surface area contributed by atoms with Crippen molar-refractivity contribution in [1.82, 2.24) is 4.72 Å². The number of carbonyl (C=O) groups is 1. The molecule has 0 heterocycles. The number of sulfonamides is 1. The second-order valence-corrected chi connectivity index (χ2v) is 6.08. The Hall–Kier alpha value is -0.620. The Labute approximate surface area is 90.5 Å². The quantitative estimate of drug-likeness (QED) is 0.699. The van der Waals surface area contributed by atoms with Gasteiger partial charge in [-0.3, -0.25) is 9.52 Å². The van der Waals surface area contributed by atoms with Crippen LogP contribution in [0.25, 0.3) is 0 Å². The van der Waals surface area contributed by atoms with Crippen LogP contribution in [0, 0.1) is 5.92 Å². The summed E-state index contributed by atoms with van der Waals surface area (Å²) in [6, 6.07) is -0.747. The van der Waals surface area contributed by atoms with Gasteiger partial charge in [0.1, 0.15) is 0 Å². The zero-order valence-electron chi connectivity index (χ0n) is 9.06. The number of rotatable bonds is 5. The highest BCUT2D eigenvalue weighted by Gasteiger charge is 2.37. The van der Waals surface area contributed by atoms with Gasteiger partial charge >= 0.3 is 0 Å². The molecule has 0 aliphatic heterocycles. The minimum atomic E-state index is -3.45. The van der Waals surface area contributed by atoms with Crippen molar-refractivity contribution in [2.45, 2.75) is 44.4 Å². The Balaban J connectivity index is 2.55. The fraction of sp³-hybridized carbons (Fsp3) is 0.889. The lowest BCUT2D eigenvalue weighted by Crippen LogP contribution is -2.47. The van der Waals surface area contributed by atoms with Gasteiger partial charge in [0.05, 0.1) is 11.3 Å². The van der Waals surface area contributed by atoms with Gasteiger partial charge in [-0.1, -0.05) is 20.3 Å². The fourth-order valence-electron chi connectivity index (χ4n) is 1.18. The van der Waals surface area contributed by atoms with E-state index < -0.39 is 22.0 Å². The molecular weight excluding hydrogens is 216 g/mol. The lowest BCUT2D eigenvalue weighted by molar-refractivity contribution is -0.121. The second-order valence-electron chi connectivity index (χ2n) is 4.12. The van der Waals surface area contributed by atoms with Crippen molar-refractivity contribution >= 4 is 15.9 Å². The highest BCUT2D eigenvalue weighted by Crippen LogP contribution is 2.27. The summed E-state index contributed by atoms with van der Waals surface area (Å²) < 4.78 is 24.9. The molecule has 1 unspecified atom stereocenters. The number of hydrogen-bond acceptors (Lipinski definition) is 4. The summed E-state index contributed by atoms with van der Waals surface area (Å²) in [5.41, 5.74) is 5.62. The topological polar surface area (TPSA) is 89.3 Å². The number of nitrogens with one attached hydrogen (secondary N) is 1. The van der Waals surface area contributed by atoms with Crippen molar-refractivity contribution in [2.24, 2.45) is 11.7 Å². The molecule has 1 saturated carbocycles. The Morgan fingerprint density at radius 1 is 1.53 bits per heavy atom. The molecule has 0 aromatic rings. The summed E-state index contributed by atoms with van der Waals surface area (Å²) >= 11 is 0. The normalized spacial score (nSPS) is 20.7. The van der Waals surface area contributed by atoms with Crippen molar-refractivity contribution < 1.29 is 13.2 Å². The van der Waals surface area contributed by atoms with Crippen LogP contribution in [0.3, 0.4) is 0 Å². The lowest BCUT2D eigenvalue weighted by Gasteiger charge is -2.17. The molecule has 0 bridgehead atoms. The molecule has 88 valence electrons. The smallest absolute Gasteiger partial charge is 0.250 e. The standard InChI is InChI=1S/C9H18N2O3S/c1-3-6(2)8(10)9(12)11-15(13,14)7-4-5-7/h6-8H,3-5,10H2,1-2H3,(H,11,12)/t6?,8-/m0/s1. The van der Waals surface area contributed by atoms with E-state index >= 15 is 0 Å². The van der Waals surface area contributed by atoms with E-state index in [9.17, 15) is 13.2 Å². The summed E-state index contributed by atoms with van der Waals surface area (Å²) in [7, 11) is -3.45. The average Bonchev–Trinajstić information content (AvgIpc) is 2.97. The van der Waals surface area contributed by atoms with Crippen LogP contribution in [0.2, 0.25) is 0 Å². The van der Waals surface area contributed by atoms with Crippen LogP contribution < -0.4 is 10.5 Å². The third kappa shape index (κ3) is 3.17. The Bertz CT molecular complexity index is 335. The lowest BCUT2D eigenvalue weighted by atomic mass is 10.00. The molecule has 1 aliphatic carbocycles. The number of hydrogen-bond donors (Lipinski definition) is 2. The summed E-state index contributed by atoms with van der Waals surface area (Å²) in [6.07, 6.45) is 2.03. The summed E-state index contributed by atoms with van der Waals surface area (Å²) in [5.74, 6) is -0.601. The van der Waals surface area contributed by atoms with Gasteiger partial charge in [0.2, 0.25) is 10.0 Å². The zero-order valence-corrected chi connectivity index (χ0v) is 9.88. The van der Waals surface area contributed by atoms with Gasteiger partial charge in [-0.2, -0.15) is 0 Å². The van der Waals surface area contributed by atoms with Crippen LogP contribution in [0.5, 0.6) is 0 Å². The molecular formula is C9H18N2O3S. The number of nitrogens with two attached hydrogens (primary N) is 1. The predicted molar refractivity (Wildman–Crippen MR) is 57.5 cm³/mol. The van der Waals surface area contributed by atoms with E-state index in [0.29, 0.717) is 12.8 Å². The van der Waals surface area contributed by atoms with Gasteiger partial charge in [-0.25, -0.2) is 8.42 Å². The van der Waals surface area contributed by atoms with Crippen molar-refractivity contribution in [3.63, 3.8) is 0 Å². The zero-order chi connectivity index (χ0) is 11.6. The van der Waals surface area contributed by atoms with Crippen LogP contribution in [0.4, 0.5) is 0 Å². The molecule has 0 saturated heterocycles. The maximum atomic E-state index is 11.5. The van der Waals surface area contributed by atoms with E-state index in [4.69, 9.17) is 5.73 Å². The summed E-state index contributed by atoms with van der Waals surface area (Å²) in [4.78, 5) is 11.5. The molecule has 0 aromatic heterocycles. The van der Waals surface area contributed by atoms with E-state index in [2.05, 4.69) is 0 Å². The van der Waals surface area contributed by atoms with Gasteiger partial charge in [0.15, 0.2) is 0 Å². The van der Waals surface area contributed by atoms with E-state index in [0.717, 1.165) is 6.42 Å². The molecule has 3 N–H and O–H groups in total. The SMILES string of the molecule is CCC(C)[C@H](N)C(=O)NS(=O)(=O)C1CC1. The molecule has 1 amide bonds. The molecule has 0 spiro atoms. The minimum absolute atomic E-state index is 0.0144. The molecule has 1 fully saturated rings. The van der Waals surface area contributed by atoms with Gasteiger partial charge in [-0.05, 0) is 18.8 Å². The fourth-order valence-corrected chi connectivity index (χ4v) is 2.52. The second kappa shape index (κ2) is 4.49. The first-order valence-electron chi connectivity index (χ1n) is 5.19. The molecule has 1 rings (SSSR count). The van der Waals surface area contributed by atoms with Gasteiger partial charge < -0.3 is 5.73 Å². The van der Waals surface area contributed by atoms with Gasteiger partial charge in [-0.15, -0.1) is 0 Å². The number of carbonyl (C=O) groups excluding carboxylic acids is 1. The average molecular weight is 234 g/mol. The molecule has 15 heavy (non-hydrogen) atoms. The van der Waals surface area contributed by atoms with Crippen LogP contribution >= 0.6 is 0 Å². The highest BCUT2D eigenvalue weighted by atomic mass is 32.2. The van der Waals surface area contributed by atoms with Crippen LogP contribution in [-0.4, -0.2) is 25.6 Å². The van der Waals surface area contributed by atoms with E-state index in [1.54, 1.807) is 0 Å². The maximum Gasteiger partial charge on any atom is 0.250 e. The van der Waals surface area contributed by atoms with Crippen molar-refractivity contribution in [1.29, 1.82) is 0 Å². The minimum Gasteiger partial charge on any atom is -0.320 e. The molecule has 0 radical (unpaired) electrons. The Morgan fingerprint density at radius 2 is 2.07 bits per heavy atom. The van der Waals surface area contributed by atoms with Gasteiger partial charge in [0.25, 0.3) is 5.91 Å². The van der Waals surface area contributed by atoms with Crippen LogP contribution in [-0.2, 0) is 14.8 Å². The molecule has 1 aliphatic rings. The first-order valence-corrected chi connectivity index (χ1v) is 6.74. The molecule has 6 heteroatoms. The largest absolute Gasteiger partial charge is 0.320 e. The Kier molecular flexibility index (Phi) is 3.72.